The highest BCUT2D eigenvalue weighted by atomic mass is 32.2. The Bertz CT molecular complexity index is 1420. The molecule has 3 aromatic rings. The lowest BCUT2D eigenvalue weighted by Crippen LogP contribution is -2.50. The minimum Gasteiger partial charge on any atom is -0.489 e. The fraction of sp³-hybridized carbons (Fsp3) is 0.360. The topological polar surface area (TPSA) is 132 Å². The van der Waals surface area contributed by atoms with E-state index in [0.29, 0.717) is 37.5 Å². The zero-order valence-electron chi connectivity index (χ0n) is 20.4. The summed E-state index contributed by atoms with van der Waals surface area (Å²) in [5.74, 6) is 0.494. The monoisotopic (exact) mass is 515 g/mol. The third kappa shape index (κ3) is 6.16. The molecule has 2 aromatic carbocycles. The van der Waals surface area contributed by atoms with E-state index in [2.05, 4.69) is 0 Å². The van der Waals surface area contributed by atoms with E-state index in [1.54, 1.807) is 29.2 Å². The number of rotatable bonds is 5. The summed E-state index contributed by atoms with van der Waals surface area (Å²) in [4.78, 5) is 28.4. The molecular weight excluding hydrogens is 486 g/mol. The van der Waals surface area contributed by atoms with E-state index in [-0.39, 0.29) is 17.6 Å². The van der Waals surface area contributed by atoms with Crippen LogP contribution in [0.25, 0.3) is 11.0 Å². The number of hydrogen-bond donors (Lipinski definition) is 1. The fourth-order valence-electron chi connectivity index (χ4n) is 3.88. The van der Waals surface area contributed by atoms with Gasteiger partial charge in [0.1, 0.15) is 23.5 Å². The molecule has 2 N–H and O–H groups in total. The molecule has 0 radical (unpaired) electrons. The SMILES string of the molecule is CC(C)(C)OC(=O)N1CCN(c2cc(=O)oc3cc(OCc4ccc(S(N)(=O)=O)cc4)ccc23)CC1. The number of ether oxygens (including phenoxy) is 2. The Labute approximate surface area is 209 Å². The van der Waals surface area contributed by atoms with E-state index in [1.165, 1.54) is 18.2 Å². The fourth-order valence-corrected chi connectivity index (χ4v) is 4.39. The molecule has 1 aliphatic rings. The maximum atomic E-state index is 12.4. The first-order valence-electron chi connectivity index (χ1n) is 11.4. The third-order valence-electron chi connectivity index (χ3n) is 5.62. The van der Waals surface area contributed by atoms with Crippen molar-refractivity contribution in [2.75, 3.05) is 31.1 Å². The largest absolute Gasteiger partial charge is 0.489 e. The molecule has 1 aromatic heterocycles. The van der Waals surface area contributed by atoms with Crippen LogP contribution in [0.1, 0.15) is 26.3 Å². The smallest absolute Gasteiger partial charge is 0.410 e. The Kier molecular flexibility index (Phi) is 6.96. The second-order valence-corrected chi connectivity index (χ2v) is 11.1. The number of piperazine rings is 1. The standard InChI is InChI=1S/C25H29N3O7S/c1-25(2,3)35-24(30)28-12-10-27(11-13-28)21-15-23(29)34-22-14-18(6-9-20(21)22)33-16-17-4-7-19(8-5-17)36(26,31)32/h4-9,14-15H,10-13,16H2,1-3H3,(H2,26,31,32). The first kappa shape index (κ1) is 25.5. The van der Waals surface area contributed by atoms with Gasteiger partial charge in [-0.15, -0.1) is 0 Å². The highest BCUT2D eigenvalue weighted by molar-refractivity contribution is 7.89. The van der Waals surface area contributed by atoms with Crippen LogP contribution in [0, 0.1) is 0 Å². The third-order valence-corrected chi connectivity index (χ3v) is 6.55. The first-order valence-corrected chi connectivity index (χ1v) is 13.0. The summed E-state index contributed by atoms with van der Waals surface area (Å²) in [6, 6.07) is 12.8. The Morgan fingerprint density at radius 1 is 1.03 bits per heavy atom. The number of carbonyl (C=O) groups is 1. The summed E-state index contributed by atoms with van der Waals surface area (Å²) in [6.45, 7) is 7.72. The Hall–Kier alpha value is -3.57. The van der Waals surface area contributed by atoms with E-state index < -0.39 is 21.2 Å². The summed E-state index contributed by atoms with van der Waals surface area (Å²) >= 11 is 0. The number of nitrogens with zero attached hydrogens (tertiary/aromatic N) is 2. The van der Waals surface area contributed by atoms with Crippen molar-refractivity contribution in [2.45, 2.75) is 37.9 Å². The van der Waals surface area contributed by atoms with Crippen molar-refractivity contribution < 1.29 is 27.1 Å². The summed E-state index contributed by atoms with van der Waals surface area (Å²) in [5.41, 5.74) is 0.824. The van der Waals surface area contributed by atoms with Gasteiger partial charge in [0.25, 0.3) is 0 Å². The molecule has 0 saturated carbocycles. The van der Waals surface area contributed by atoms with Crippen molar-refractivity contribution in [3.63, 3.8) is 0 Å². The van der Waals surface area contributed by atoms with Crippen molar-refractivity contribution in [3.8, 4) is 5.75 Å². The zero-order chi connectivity index (χ0) is 26.1. The lowest BCUT2D eigenvalue weighted by Gasteiger charge is -2.37. The van der Waals surface area contributed by atoms with Gasteiger partial charge in [-0.05, 0) is 50.6 Å². The average Bonchev–Trinajstić information content (AvgIpc) is 2.80. The minimum atomic E-state index is -3.76. The molecule has 0 spiro atoms. The molecule has 10 nitrogen and oxygen atoms in total. The molecule has 192 valence electrons. The quantitative estimate of drug-likeness (QED) is 0.513. The van der Waals surface area contributed by atoms with Crippen LogP contribution >= 0.6 is 0 Å². The van der Waals surface area contributed by atoms with Gasteiger partial charge < -0.3 is 23.7 Å². The molecule has 1 saturated heterocycles. The van der Waals surface area contributed by atoms with Gasteiger partial charge in [-0.25, -0.2) is 23.1 Å². The maximum absolute atomic E-state index is 12.4. The number of carbonyl (C=O) groups excluding carboxylic acids is 1. The molecule has 0 bridgehead atoms. The van der Waals surface area contributed by atoms with Crippen LogP contribution in [0.15, 0.2) is 62.6 Å². The lowest BCUT2D eigenvalue weighted by molar-refractivity contribution is 0.0240. The molecule has 4 rings (SSSR count). The highest BCUT2D eigenvalue weighted by Crippen LogP contribution is 2.29. The molecule has 1 fully saturated rings. The molecule has 2 heterocycles. The van der Waals surface area contributed by atoms with Crippen LogP contribution in [0.4, 0.5) is 10.5 Å². The Morgan fingerprint density at radius 2 is 1.69 bits per heavy atom. The van der Waals surface area contributed by atoms with Crippen LogP contribution in [0.3, 0.4) is 0 Å². The summed E-state index contributed by atoms with van der Waals surface area (Å²) < 4.78 is 39.5. The second kappa shape index (κ2) is 9.82. The van der Waals surface area contributed by atoms with E-state index in [9.17, 15) is 18.0 Å². The number of nitrogens with two attached hydrogens (primary N) is 1. The van der Waals surface area contributed by atoms with Gasteiger partial charge >= 0.3 is 11.7 Å². The van der Waals surface area contributed by atoms with Gasteiger partial charge in [0.15, 0.2) is 0 Å². The van der Waals surface area contributed by atoms with Crippen molar-refractivity contribution in [1.29, 1.82) is 0 Å². The molecule has 0 aliphatic carbocycles. The summed E-state index contributed by atoms with van der Waals surface area (Å²) in [5, 5.41) is 5.88. The van der Waals surface area contributed by atoms with Crippen LogP contribution in [-0.2, 0) is 21.4 Å². The predicted molar refractivity (Wildman–Crippen MR) is 135 cm³/mol. The minimum absolute atomic E-state index is 0.0261. The number of benzene rings is 2. The highest BCUT2D eigenvalue weighted by Gasteiger charge is 2.27. The van der Waals surface area contributed by atoms with E-state index in [0.717, 1.165) is 16.6 Å². The molecule has 0 unspecified atom stereocenters. The van der Waals surface area contributed by atoms with Crippen molar-refractivity contribution in [2.24, 2.45) is 5.14 Å². The van der Waals surface area contributed by atoms with Crippen LogP contribution in [0.5, 0.6) is 5.75 Å². The molecule has 36 heavy (non-hydrogen) atoms. The second-order valence-electron chi connectivity index (χ2n) is 9.54. The summed E-state index contributed by atoms with van der Waals surface area (Å²) in [6.07, 6.45) is -0.347. The van der Waals surface area contributed by atoms with Gasteiger partial charge in [0, 0.05) is 43.7 Å². The van der Waals surface area contributed by atoms with Crippen molar-refractivity contribution in [3.05, 3.63) is 64.5 Å². The van der Waals surface area contributed by atoms with Gasteiger partial charge in [-0.2, -0.15) is 0 Å². The van der Waals surface area contributed by atoms with Crippen LogP contribution in [-0.4, -0.2) is 51.2 Å². The molecule has 1 amide bonds. The average molecular weight is 516 g/mol. The van der Waals surface area contributed by atoms with Gasteiger partial charge in [0.2, 0.25) is 10.0 Å². The lowest BCUT2D eigenvalue weighted by atomic mass is 10.1. The molecule has 1 aliphatic heterocycles. The number of hydrogen-bond acceptors (Lipinski definition) is 8. The number of fused-ring (bicyclic) bond motifs is 1. The Balaban J connectivity index is 1.46. The molecule has 0 atom stereocenters. The normalized spacial score (nSPS) is 14.7. The number of sulfonamides is 1. The molecule has 11 heteroatoms. The van der Waals surface area contributed by atoms with Gasteiger partial charge in [0.05, 0.1) is 10.6 Å². The van der Waals surface area contributed by atoms with E-state index >= 15 is 0 Å². The van der Waals surface area contributed by atoms with E-state index in [4.69, 9.17) is 19.0 Å². The van der Waals surface area contributed by atoms with E-state index in [1.807, 2.05) is 31.7 Å². The maximum Gasteiger partial charge on any atom is 0.410 e. The van der Waals surface area contributed by atoms with Crippen molar-refractivity contribution in [1.82, 2.24) is 4.90 Å². The predicted octanol–water partition coefficient (Wildman–Crippen LogP) is 3.08. The van der Waals surface area contributed by atoms with Crippen LogP contribution < -0.4 is 20.4 Å². The zero-order valence-corrected chi connectivity index (χ0v) is 21.2. The molecular formula is C25H29N3O7S. The number of anilines is 1. The number of amides is 1. The Morgan fingerprint density at radius 3 is 2.31 bits per heavy atom. The van der Waals surface area contributed by atoms with Crippen LogP contribution in [0.2, 0.25) is 0 Å². The van der Waals surface area contributed by atoms with Gasteiger partial charge in [-0.1, -0.05) is 12.1 Å². The van der Waals surface area contributed by atoms with Crippen molar-refractivity contribution >= 4 is 32.8 Å². The summed E-state index contributed by atoms with van der Waals surface area (Å²) in [7, 11) is -3.76. The van der Waals surface area contributed by atoms with Gasteiger partial charge in [-0.3, -0.25) is 0 Å². The number of primary sulfonamides is 1. The first-order chi connectivity index (χ1) is 16.9.